The molecular weight excluding hydrogens is 202 g/mol. The maximum atomic E-state index is 5.99. The van der Waals surface area contributed by atoms with Crippen LogP contribution in [0.15, 0.2) is 0 Å². The van der Waals surface area contributed by atoms with Gasteiger partial charge in [0.25, 0.3) is 0 Å². The minimum Gasteiger partial charge on any atom is -0.379 e. The molecule has 0 radical (unpaired) electrons. The van der Waals surface area contributed by atoms with Crippen LogP contribution in [0.4, 0.5) is 0 Å². The first-order valence-corrected chi connectivity index (χ1v) is 6.64. The molecule has 2 atom stereocenters. The molecule has 1 fully saturated rings. The van der Waals surface area contributed by atoms with Gasteiger partial charge in [0.2, 0.25) is 0 Å². The number of ether oxygens (including phenoxy) is 2. The van der Waals surface area contributed by atoms with Crippen molar-refractivity contribution >= 4 is 0 Å². The zero-order valence-electron chi connectivity index (χ0n) is 10.8. The molecule has 2 N–H and O–H groups in total. The van der Waals surface area contributed by atoms with Gasteiger partial charge in [-0.15, -0.1) is 0 Å². The van der Waals surface area contributed by atoms with E-state index in [4.69, 9.17) is 15.2 Å². The molecule has 0 saturated heterocycles. The molecule has 0 aromatic carbocycles. The lowest BCUT2D eigenvalue weighted by Gasteiger charge is -2.39. The Morgan fingerprint density at radius 2 is 2.12 bits per heavy atom. The van der Waals surface area contributed by atoms with Crippen molar-refractivity contribution in [3.05, 3.63) is 0 Å². The number of rotatable bonds is 7. The molecule has 0 aromatic heterocycles. The molecule has 2 unspecified atom stereocenters. The molecule has 1 aliphatic rings. The van der Waals surface area contributed by atoms with Crippen molar-refractivity contribution in [2.75, 3.05) is 26.4 Å². The summed E-state index contributed by atoms with van der Waals surface area (Å²) in [6.45, 7) is 7.26. The zero-order chi connectivity index (χ0) is 11.9. The third-order valence-electron chi connectivity index (χ3n) is 3.41. The van der Waals surface area contributed by atoms with E-state index in [1.54, 1.807) is 0 Å². The summed E-state index contributed by atoms with van der Waals surface area (Å²) in [5, 5.41) is 0. The third-order valence-corrected chi connectivity index (χ3v) is 3.41. The number of nitrogens with two attached hydrogens (primary N) is 1. The van der Waals surface area contributed by atoms with Crippen molar-refractivity contribution in [2.45, 2.75) is 51.6 Å². The Kier molecular flexibility index (Phi) is 6.32. The molecule has 1 saturated carbocycles. The van der Waals surface area contributed by atoms with E-state index in [0.717, 1.165) is 31.8 Å². The first-order chi connectivity index (χ1) is 7.72. The second-order valence-electron chi connectivity index (χ2n) is 5.05. The van der Waals surface area contributed by atoms with Crippen molar-refractivity contribution in [3.8, 4) is 0 Å². The van der Waals surface area contributed by atoms with Crippen LogP contribution >= 0.6 is 0 Å². The minimum absolute atomic E-state index is 0.0623. The van der Waals surface area contributed by atoms with Crippen LogP contribution in [0.5, 0.6) is 0 Å². The van der Waals surface area contributed by atoms with Crippen molar-refractivity contribution in [1.29, 1.82) is 0 Å². The average Bonchev–Trinajstić information content (AvgIpc) is 2.29. The Bertz CT molecular complexity index is 187. The Morgan fingerprint density at radius 1 is 1.31 bits per heavy atom. The van der Waals surface area contributed by atoms with Gasteiger partial charge in [-0.2, -0.15) is 0 Å². The van der Waals surface area contributed by atoms with Crippen molar-refractivity contribution < 1.29 is 9.47 Å². The van der Waals surface area contributed by atoms with Crippen LogP contribution in [0.3, 0.4) is 0 Å². The Hall–Kier alpha value is -0.120. The molecule has 16 heavy (non-hydrogen) atoms. The normalized spacial score (nSPS) is 30.6. The Labute approximate surface area is 99.7 Å². The maximum Gasteiger partial charge on any atom is 0.0807 e. The second-order valence-corrected chi connectivity index (χ2v) is 5.05. The third kappa shape index (κ3) is 4.40. The van der Waals surface area contributed by atoms with Gasteiger partial charge in [0.05, 0.1) is 18.8 Å². The SMILES string of the molecule is CCCOCCOC1(CN)CCCC(C)C1. The van der Waals surface area contributed by atoms with Crippen LogP contribution < -0.4 is 5.73 Å². The van der Waals surface area contributed by atoms with E-state index in [1.807, 2.05) is 0 Å². The summed E-state index contributed by atoms with van der Waals surface area (Å²) in [7, 11) is 0. The van der Waals surface area contributed by atoms with E-state index in [0.29, 0.717) is 19.8 Å². The lowest BCUT2D eigenvalue weighted by atomic mass is 9.79. The van der Waals surface area contributed by atoms with Crippen LogP contribution in [0.25, 0.3) is 0 Å². The smallest absolute Gasteiger partial charge is 0.0807 e. The molecule has 0 aromatic rings. The van der Waals surface area contributed by atoms with Gasteiger partial charge in [0.15, 0.2) is 0 Å². The van der Waals surface area contributed by atoms with E-state index in [9.17, 15) is 0 Å². The summed E-state index contributed by atoms with van der Waals surface area (Å²) in [4.78, 5) is 0. The largest absolute Gasteiger partial charge is 0.379 e. The Morgan fingerprint density at radius 3 is 2.75 bits per heavy atom. The van der Waals surface area contributed by atoms with Gasteiger partial charge in [0, 0.05) is 13.2 Å². The van der Waals surface area contributed by atoms with Crippen LogP contribution in [-0.4, -0.2) is 32.0 Å². The molecule has 96 valence electrons. The Balaban J connectivity index is 2.24. The monoisotopic (exact) mass is 229 g/mol. The standard InChI is InChI=1S/C13H27NO2/c1-3-7-15-8-9-16-13(11-14)6-4-5-12(2)10-13/h12H,3-11,14H2,1-2H3. The molecule has 0 amide bonds. The van der Waals surface area contributed by atoms with Gasteiger partial charge in [0.1, 0.15) is 0 Å². The molecule has 3 nitrogen and oxygen atoms in total. The van der Waals surface area contributed by atoms with Gasteiger partial charge >= 0.3 is 0 Å². The summed E-state index contributed by atoms with van der Waals surface area (Å²) in [6.07, 6.45) is 5.85. The van der Waals surface area contributed by atoms with Crippen LogP contribution in [0.1, 0.15) is 46.0 Å². The predicted octanol–water partition coefficient (Wildman–Crippen LogP) is 2.34. The molecular formula is C13H27NO2. The predicted molar refractivity (Wildman–Crippen MR) is 66.5 cm³/mol. The fraction of sp³-hybridized carbons (Fsp3) is 1.00. The van der Waals surface area contributed by atoms with E-state index >= 15 is 0 Å². The molecule has 0 spiro atoms. The van der Waals surface area contributed by atoms with Gasteiger partial charge in [-0.3, -0.25) is 0 Å². The van der Waals surface area contributed by atoms with Gasteiger partial charge < -0.3 is 15.2 Å². The lowest BCUT2D eigenvalue weighted by Crippen LogP contribution is -2.45. The van der Waals surface area contributed by atoms with Gasteiger partial charge in [-0.1, -0.05) is 26.7 Å². The molecule has 1 rings (SSSR count). The quantitative estimate of drug-likeness (QED) is 0.681. The summed E-state index contributed by atoms with van der Waals surface area (Å²) in [5.41, 5.74) is 5.81. The molecule has 0 heterocycles. The molecule has 3 heteroatoms. The van der Waals surface area contributed by atoms with Crippen molar-refractivity contribution in [1.82, 2.24) is 0 Å². The maximum absolute atomic E-state index is 5.99. The first-order valence-electron chi connectivity index (χ1n) is 6.64. The van der Waals surface area contributed by atoms with E-state index < -0.39 is 0 Å². The highest BCUT2D eigenvalue weighted by molar-refractivity contribution is 4.87. The van der Waals surface area contributed by atoms with Crippen molar-refractivity contribution in [3.63, 3.8) is 0 Å². The van der Waals surface area contributed by atoms with E-state index in [2.05, 4.69) is 13.8 Å². The summed E-state index contributed by atoms with van der Waals surface area (Å²) >= 11 is 0. The second kappa shape index (κ2) is 7.25. The average molecular weight is 229 g/mol. The molecule has 0 bridgehead atoms. The van der Waals surface area contributed by atoms with E-state index in [-0.39, 0.29) is 5.60 Å². The number of hydrogen-bond acceptors (Lipinski definition) is 3. The van der Waals surface area contributed by atoms with Gasteiger partial charge in [-0.25, -0.2) is 0 Å². The zero-order valence-corrected chi connectivity index (χ0v) is 10.8. The van der Waals surface area contributed by atoms with Crippen LogP contribution in [0, 0.1) is 5.92 Å². The van der Waals surface area contributed by atoms with Gasteiger partial charge in [-0.05, 0) is 25.2 Å². The number of hydrogen-bond donors (Lipinski definition) is 1. The summed E-state index contributed by atoms with van der Waals surface area (Å²) < 4.78 is 11.4. The summed E-state index contributed by atoms with van der Waals surface area (Å²) in [5.74, 6) is 0.744. The van der Waals surface area contributed by atoms with E-state index in [1.165, 1.54) is 12.8 Å². The highest BCUT2D eigenvalue weighted by Gasteiger charge is 2.34. The van der Waals surface area contributed by atoms with Crippen molar-refractivity contribution in [2.24, 2.45) is 11.7 Å². The topological polar surface area (TPSA) is 44.5 Å². The highest BCUT2D eigenvalue weighted by atomic mass is 16.5. The summed E-state index contributed by atoms with van der Waals surface area (Å²) in [6, 6.07) is 0. The fourth-order valence-electron chi connectivity index (χ4n) is 2.55. The highest BCUT2D eigenvalue weighted by Crippen LogP contribution is 2.34. The minimum atomic E-state index is -0.0623. The lowest BCUT2D eigenvalue weighted by molar-refractivity contribution is -0.0907. The van der Waals surface area contributed by atoms with Crippen LogP contribution in [-0.2, 0) is 9.47 Å². The van der Waals surface area contributed by atoms with Crippen LogP contribution in [0.2, 0.25) is 0 Å². The molecule has 1 aliphatic carbocycles. The first kappa shape index (κ1) is 13.9. The fourth-order valence-corrected chi connectivity index (χ4v) is 2.55. The molecule has 0 aliphatic heterocycles.